The number of rotatable bonds is 3. The molecule has 3 rings (SSSR count). The van der Waals surface area contributed by atoms with Crippen LogP contribution in [-0.2, 0) is 15.6 Å². The molecule has 0 N–H and O–H groups in total. The zero-order valence-corrected chi connectivity index (χ0v) is 17.9. The van der Waals surface area contributed by atoms with Crippen molar-refractivity contribution in [3.63, 3.8) is 0 Å². The van der Waals surface area contributed by atoms with E-state index in [2.05, 4.69) is 51.1 Å². The second-order valence-electron chi connectivity index (χ2n) is 9.89. The summed E-state index contributed by atoms with van der Waals surface area (Å²) in [6.45, 7) is 14.1. The lowest BCUT2D eigenvalue weighted by atomic mass is 9.69. The largest absolute Gasteiger partial charge is 0.425 e. The van der Waals surface area contributed by atoms with Crippen molar-refractivity contribution in [2.45, 2.75) is 65.2 Å². The van der Waals surface area contributed by atoms with Crippen LogP contribution in [0.25, 0.3) is 0 Å². The number of esters is 1. The first-order valence-corrected chi connectivity index (χ1v) is 9.77. The van der Waals surface area contributed by atoms with E-state index in [0.29, 0.717) is 5.75 Å². The minimum absolute atomic E-state index is 0.114. The molecule has 2 aromatic carbocycles. The van der Waals surface area contributed by atoms with Gasteiger partial charge in [-0.1, -0.05) is 63.2 Å². The molecule has 2 aromatic rings. The Morgan fingerprint density at radius 2 is 1.61 bits per heavy atom. The Balaban J connectivity index is 2.34. The molecule has 0 unspecified atom stereocenters. The van der Waals surface area contributed by atoms with E-state index in [9.17, 15) is 10.1 Å². The van der Waals surface area contributed by atoms with Crippen molar-refractivity contribution in [2.24, 2.45) is 5.41 Å². The van der Waals surface area contributed by atoms with Crippen molar-refractivity contribution in [3.05, 3.63) is 64.7 Å². The summed E-state index contributed by atoms with van der Waals surface area (Å²) < 4.78 is 5.73. The lowest BCUT2D eigenvalue weighted by Gasteiger charge is -2.32. The summed E-state index contributed by atoms with van der Waals surface area (Å²) in [5.74, 6) is 0.352. The molecule has 0 aliphatic carbocycles. The molecular formula is C25H29NO2. The van der Waals surface area contributed by atoms with Crippen LogP contribution in [-0.4, -0.2) is 5.97 Å². The van der Waals surface area contributed by atoms with Gasteiger partial charge in [-0.25, -0.2) is 0 Å². The Kier molecular flexibility index (Phi) is 4.66. The summed E-state index contributed by atoms with van der Waals surface area (Å²) in [6, 6.07) is 16.8. The van der Waals surface area contributed by atoms with Gasteiger partial charge in [-0.3, -0.25) is 4.79 Å². The van der Waals surface area contributed by atoms with Gasteiger partial charge < -0.3 is 4.74 Å². The first-order valence-electron chi connectivity index (χ1n) is 9.77. The van der Waals surface area contributed by atoms with Crippen LogP contribution in [0.15, 0.2) is 42.5 Å². The maximum atomic E-state index is 12.6. The second-order valence-corrected chi connectivity index (χ2v) is 9.89. The van der Waals surface area contributed by atoms with Gasteiger partial charge in [0.25, 0.3) is 0 Å². The molecule has 1 aliphatic rings. The van der Waals surface area contributed by atoms with E-state index in [1.54, 1.807) is 0 Å². The predicted molar refractivity (Wildman–Crippen MR) is 111 cm³/mol. The molecule has 3 heteroatoms. The third-order valence-corrected chi connectivity index (χ3v) is 5.77. The molecule has 0 bridgehead atoms. The van der Waals surface area contributed by atoms with Crippen LogP contribution >= 0.6 is 0 Å². The van der Waals surface area contributed by atoms with E-state index in [1.165, 1.54) is 0 Å². The smallest absolute Gasteiger partial charge is 0.321 e. The van der Waals surface area contributed by atoms with E-state index in [-0.39, 0.29) is 17.3 Å². The summed E-state index contributed by atoms with van der Waals surface area (Å²) in [5.41, 5.74) is 2.55. The van der Waals surface area contributed by atoms with Crippen LogP contribution in [0.1, 0.15) is 76.6 Å². The van der Waals surface area contributed by atoms with Crippen molar-refractivity contribution in [1.82, 2.24) is 0 Å². The van der Waals surface area contributed by atoms with Crippen LogP contribution in [0.5, 0.6) is 5.75 Å². The van der Waals surface area contributed by atoms with Crippen molar-refractivity contribution in [2.75, 3.05) is 0 Å². The van der Waals surface area contributed by atoms with E-state index in [0.717, 1.165) is 22.3 Å². The first-order chi connectivity index (χ1) is 12.9. The van der Waals surface area contributed by atoms with Gasteiger partial charge in [0.1, 0.15) is 5.75 Å². The van der Waals surface area contributed by atoms with Crippen LogP contribution in [0.4, 0.5) is 0 Å². The van der Waals surface area contributed by atoms with E-state index in [4.69, 9.17) is 4.74 Å². The van der Waals surface area contributed by atoms with Crippen molar-refractivity contribution < 1.29 is 9.53 Å². The normalized spacial score (nSPS) is 16.9. The highest BCUT2D eigenvalue weighted by atomic mass is 16.5. The number of nitrogens with zero attached hydrogens (tertiary/aromatic N) is 1. The summed E-state index contributed by atoms with van der Waals surface area (Å²) in [6.07, 6.45) is 0. The lowest BCUT2D eigenvalue weighted by Crippen LogP contribution is -2.26. The van der Waals surface area contributed by atoms with Gasteiger partial charge in [-0.05, 0) is 44.2 Å². The standard InChI is InChI=1S/C25H29NO2/c1-23(2,3)18-13-17(14-19-21(18)28-22(27)25(19,6)7)20(24(4,5)15-26)16-11-9-8-10-12-16/h8-14,20H,1-7H3/t20-/m0/s1. The van der Waals surface area contributed by atoms with Crippen molar-refractivity contribution in [1.29, 1.82) is 5.26 Å². The maximum Gasteiger partial charge on any atom is 0.321 e. The van der Waals surface area contributed by atoms with Gasteiger partial charge in [0.2, 0.25) is 0 Å². The molecule has 0 saturated carbocycles. The first kappa shape index (κ1) is 20.1. The van der Waals surface area contributed by atoms with Crippen molar-refractivity contribution in [3.8, 4) is 11.8 Å². The molecule has 0 spiro atoms. The molecule has 28 heavy (non-hydrogen) atoms. The number of hydrogen-bond donors (Lipinski definition) is 0. The summed E-state index contributed by atoms with van der Waals surface area (Å²) in [7, 11) is 0. The van der Waals surface area contributed by atoms with Crippen LogP contribution < -0.4 is 4.74 Å². The number of fused-ring (bicyclic) bond motifs is 1. The fourth-order valence-corrected chi connectivity index (χ4v) is 4.02. The number of carbonyl (C=O) groups excluding carboxylic acids is 1. The molecule has 1 heterocycles. The number of carbonyl (C=O) groups is 1. The highest BCUT2D eigenvalue weighted by Gasteiger charge is 2.45. The topological polar surface area (TPSA) is 50.1 Å². The lowest BCUT2D eigenvalue weighted by molar-refractivity contribution is -0.137. The Labute approximate surface area is 168 Å². The van der Waals surface area contributed by atoms with Gasteiger partial charge >= 0.3 is 5.97 Å². The van der Waals surface area contributed by atoms with E-state index in [1.807, 2.05) is 45.9 Å². The Morgan fingerprint density at radius 1 is 1.00 bits per heavy atom. The van der Waals surface area contributed by atoms with Gasteiger partial charge in [0.15, 0.2) is 0 Å². The minimum atomic E-state index is -0.705. The summed E-state index contributed by atoms with van der Waals surface area (Å²) in [5, 5.41) is 9.93. The predicted octanol–water partition coefficient (Wildman–Crippen LogP) is 5.86. The Bertz CT molecular complexity index is 957. The van der Waals surface area contributed by atoms with E-state index >= 15 is 0 Å². The van der Waals surface area contributed by atoms with E-state index < -0.39 is 10.8 Å². The molecule has 0 saturated heterocycles. The molecule has 0 amide bonds. The number of ether oxygens (including phenoxy) is 1. The monoisotopic (exact) mass is 375 g/mol. The van der Waals surface area contributed by atoms with Crippen LogP contribution in [0.2, 0.25) is 0 Å². The molecule has 0 radical (unpaired) electrons. The Hall–Kier alpha value is -2.60. The summed E-state index contributed by atoms with van der Waals surface area (Å²) in [4.78, 5) is 12.6. The van der Waals surface area contributed by atoms with Gasteiger partial charge in [-0.15, -0.1) is 0 Å². The molecular weight excluding hydrogens is 346 g/mol. The van der Waals surface area contributed by atoms with Gasteiger partial charge in [-0.2, -0.15) is 5.26 Å². The fourth-order valence-electron chi connectivity index (χ4n) is 4.02. The molecule has 0 fully saturated rings. The number of benzene rings is 2. The minimum Gasteiger partial charge on any atom is -0.425 e. The fraction of sp³-hybridized carbons (Fsp3) is 0.440. The van der Waals surface area contributed by atoms with Crippen molar-refractivity contribution >= 4 is 5.97 Å². The Morgan fingerprint density at radius 3 is 2.14 bits per heavy atom. The van der Waals surface area contributed by atoms with Crippen LogP contribution in [0, 0.1) is 16.7 Å². The number of hydrogen-bond acceptors (Lipinski definition) is 3. The average Bonchev–Trinajstić information content (AvgIpc) is 2.84. The van der Waals surface area contributed by atoms with Gasteiger partial charge in [0.05, 0.1) is 16.9 Å². The average molecular weight is 376 g/mol. The third-order valence-electron chi connectivity index (χ3n) is 5.77. The molecule has 0 aromatic heterocycles. The highest BCUT2D eigenvalue weighted by Crippen LogP contribution is 2.49. The molecule has 3 nitrogen and oxygen atoms in total. The third kappa shape index (κ3) is 3.22. The number of nitriles is 1. The maximum absolute atomic E-state index is 12.6. The second kappa shape index (κ2) is 6.48. The van der Waals surface area contributed by atoms with Crippen LogP contribution in [0.3, 0.4) is 0 Å². The van der Waals surface area contributed by atoms with Gasteiger partial charge in [0, 0.05) is 17.0 Å². The molecule has 1 atom stereocenters. The SMILES string of the molecule is CC(C)(C)c1cc([C@H](c2ccccc2)C(C)(C)C#N)cc2c1OC(=O)C2(C)C. The molecule has 146 valence electrons. The quantitative estimate of drug-likeness (QED) is 0.498. The summed E-state index contributed by atoms with van der Waals surface area (Å²) >= 11 is 0. The molecule has 1 aliphatic heterocycles. The zero-order valence-electron chi connectivity index (χ0n) is 17.9. The highest BCUT2D eigenvalue weighted by molar-refractivity contribution is 5.90. The zero-order chi connectivity index (χ0) is 20.9.